The summed E-state index contributed by atoms with van der Waals surface area (Å²) in [6.45, 7) is 0. The van der Waals surface area contributed by atoms with Crippen LogP contribution in [0.1, 0.15) is 0 Å². The van der Waals surface area contributed by atoms with E-state index < -0.39 is 0 Å². The van der Waals surface area contributed by atoms with E-state index in [-0.39, 0.29) is 0 Å². The summed E-state index contributed by atoms with van der Waals surface area (Å²) in [7, 11) is 0. The number of hydrogen-bond donors (Lipinski definition) is 4. The summed E-state index contributed by atoms with van der Waals surface area (Å²) in [5.41, 5.74) is 0. The Morgan fingerprint density at radius 3 is 2.57 bits per heavy atom. The van der Waals surface area contributed by atoms with E-state index >= 15 is 0 Å². The number of H-pyrrole nitrogens is 3. The molecule has 1 rings (SSSR count). The molecule has 1 heterocycles. The van der Waals surface area contributed by atoms with Gasteiger partial charge >= 0.3 is 0 Å². The summed E-state index contributed by atoms with van der Waals surface area (Å²) in [6, 6.07) is 0. The van der Waals surface area contributed by atoms with Crippen LogP contribution in [0, 0.1) is 0 Å². The molecule has 0 fully saturated rings. The summed E-state index contributed by atoms with van der Waals surface area (Å²) >= 11 is 0. The molecule has 0 aromatic carbocycles. The molecule has 0 amide bonds. The fourth-order valence-corrected chi connectivity index (χ4v) is 0.298. The largest absolute Gasteiger partial charge is 0.308 e. The molecule has 0 aliphatic heterocycles. The Bertz CT molecular complexity index is 136. The van der Waals surface area contributed by atoms with E-state index in [0.29, 0.717) is 0 Å². The maximum Gasteiger partial charge on any atom is 0.0392 e. The maximum atomic E-state index is 5.13. The highest BCUT2D eigenvalue weighted by molar-refractivity contribution is 4.54. The summed E-state index contributed by atoms with van der Waals surface area (Å²) in [4.78, 5) is 1.19. The molecular weight excluding hydrogens is 94.1 g/mol. The standard InChI is InChI=1S/C2H7N5/c3-7-5-2-1-4-6-7/h1-2,4-6H,3H2. The van der Waals surface area contributed by atoms with Gasteiger partial charge in [-0.15, -0.1) is 4.91 Å². The van der Waals surface area contributed by atoms with Gasteiger partial charge in [-0.25, -0.2) is 5.21 Å². The van der Waals surface area contributed by atoms with Gasteiger partial charge in [-0.2, -0.15) is 0 Å². The van der Waals surface area contributed by atoms with Crippen LogP contribution in [0.5, 0.6) is 0 Å². The first-order chi connectivity index (χ1) is 3.39. The lowest BCUT2D eigenvalue weighted by atomic mass is 11.0. The number of nitrogen functional groups attached to an aromatic ring is 1. The zero-order valence-corrected chi connectivity index (χ0v) is 3.68. The second-order valence-electron chi connectivity index (χ2n) is 1.09. The Morgan fingerprint density at radius 1 is 1.43 bits per heavy atom. The molecular formula is C2H7N5. The number of rotatable bonds is 0. The van der Waals surface area contributed by atoms with Crippen molar-refractivity contribution in [1.29, 1.82) is 0 Å². The van der Waals surface area contributed by atoms with Crippen LogP contribution >= 0.6 is 0 Å². The van der Waals surface area contributed by atoms with Gasteiger partial charge in [0, 0.05) is 12.4 Å². The van der Waals surface area contributed by atoms with Crippen LogP contribution in [0.2, 0.25) is 0 Å². The lowest BCUT2D eigenvalue weighted by molar-refractivity contribution is 0.602. The number of aromatic nitrogens is 4. The number of aromatic amines is 3. The lowest BCUT2D eigenvalue weighted by Crippen LogP contribution is -2.16. The second kappa shape index (κ2) is 1.46. The Morgan fingerprint density at radius 2 is 2.29 bits per heavy atom. The molecule has 0 saturated carbocycles. The molecule has 0 atom stereocenters. The predicted molar refractivity (Wildman–Crippen MR) is 25.3 cm³/mol. The summed E-state index contributed by atoms with van der Waals surface area (Å²) in [5, 5.41) is 7.83. The number of nitrogens with zero attached hydrogens (tertiary/aromatic N) is 1. The van der Waals surface area contributed by atoms with Gasteiger partial charge in [-0.05, 0) is 0 Å². The summed E-state index contributed by atoms with van der Waals surface area (Å²) < 4.78 is 0. The van der Waals surface area contributed by atoms with Crippen molar-refractivity contribution in [1.82, 2.24) is 20.3 Å². The van der Waals surface area contributed by atoms with Gasteiger partial charge in [0.15, 0.2) is 0 Å². The van der Waals surface area contributed by atoms with E-state index in [9.17, 15) is 0 Å². The zero-order chi connectivity index (χ0) is 5.11. The Hall–Kier alpha value is -1.26. The summed E-state index contributed by atoms with van der Waals surface area (Å²) in [6.07, 6.45) is 3.35. The fraction of sp³-hybridized carbons (Fsp3) is 0. The van der Waals surface area contributed by atoms with Crippen LogP contribution < -0.4 is 5.84 Å². The highest BCUT2D eigenvalue weighted by atomic mass is 15.7. The van der Waals surface area contributed by atoms with Crippen molar-refractivity contribution in [3.8, 4) is 0 Å². The van der Waals surface area contributed by atoms with E-state index in [1.54, 1.807) is 12.4 Å². The molecule has 0 spiro atoms. The van der Waals surface area contributed by atoms with Crippen LogP contribution in [0.25, 0.3) is 0 Å². The van der Waals surface area contributed by atoms with Gasteiger partial charge in [0.2, 0.25) is 0 Å². The third-order valence-corrected chi connectivity index (χ3v) is 0.565. The normalized spacial score (nSPS) is 8.57. The summed E-state index contributed by atoms with van der Waals surface area (Å²) in [5.74, 6) is 5.13. The fourth-order valence-electron chi connectivity index (χ4n) is 0.298. The van der Waals surface area contributed by atoms with Gasteiger partial charge in [-0.1, -0.05) is 0 Å². The van der Waals surface area contributed by atoms with Crippen molar-refractivity contribution in [3.63, 3.8) is 0 Å². The smallest absolute Gasteiger partial charge is 0.0392 e. The molecule has 0 aliphatic carbocycles. The van der Waals surface area contributed by atoms with Crippen molar-refractivity contribution >= 4 is 0 Å². The third-order valence-electron chi connectivity index (χ3n) is 0.565. The SMILES string of the molecule is Nn1[nH]cc[nH][nH]1. The predicted octanol–water partition coefficient (Wildman–Crippen LogP) is -0.689. The molecule has 5 heteroatoms. The zero-order valence-electron chi connectivity index (χ0n) is 3.68. The molecule has 1 aromatic rings. The van der Waals surface area contributed by atoms with Crippen LogP contribution in [0.3, 0.4) is 0 Å². The van der Waals surface area contributed by atoms with Gasteiger partial charge < -0.3 is 5.84 Å². The van der Waals surface area contributed by atoms with E-state index in [4.69, 9.17) is 5.84 Å². The Balaban J connectivity index is 3.02. The second-order valence-corrected chi connectivity index (χ2v) is 1.09. The number of nitrogens with two attached hydrogens (primary N) is 1. The molecule has 0 bridgehead atoms. The number of nitrogens with one attached hydrogen (secondary N) is 3. The van der Waals surface area contributed by atoms with E-state index in [2.05, 4.69) is 15.4 Å². The van der Waals surface area contributed by atoms with Gasteiger partial charge in [0.05, 0.1) is 0 Å². The van der Waals surface area contributed by atoms with Crippen molar-refractivity contribution < 1.29 is 0 Å². The van der Waals surface area contributed by atoms with Gasteiger partial charge in [0.25, 0.3) is 0 Å². The maximum absolute atomic E-state index is 5.13. The van der Waals surface area contributed by atoms with Crippen LogP contribution in [-0.2, 0) is 0 Å². The van der Waals surface area contributed by atoms with E-state index in [1.807, 2.05) is 0 Å². The lowest BCUT2D eigenvalue weighted by Gasteiger charge is -1.94. The average molecular weight is 101 g/mol. The Labute approximate surface area is 39.7 Å². The first kappa shape index (κ1) is 3.91. The molecule has 0 saturated heterocycles. The van der Waals surface area contributed by atoms with Crippen molar-refractivity contribution in [2.45, 2.75) is 0 Å². The molecule has 1 aromatic heterocycles. The third kappa shape index (κ3) is 0.783. The molecule has 0 aliphatic rings. The molecule has 5 nitrogen and oxygen atoms in total. The Kier molecular flexibility index (Phi) is 0.816. The average Bonchev–Trinajstić information content (AvgIpc) is 1.69. The first-order valence-electron chi connectivity index (χ1n) is 1.87. The molecule has 0 unspecified atom stereocenters. The monoisotopic (exact) mass is 101 g/mol. The van der Waals surface area contributed by atoms with Crippen molar-refractivity contribution in [2.24, 2.45) is 0 Å². The minimum atomic E-state index is 1.19. The molecule has 40 valence electrons. The van der Waals surface area contributed by atoms with Crippen LogP contribution in [-0.4, -0.2) is 20.3 Å². The molecule has 5 N–H and O–H groups in total. The highest BCUT2D eigenvalue weighted by Gasteiger charge is 1.62. The molecule has 7 heavy (non-hydrogen) atoms. The van der Waals surface area contributed by atoms with Crippen molar-refractivity contribution in [3.05, 3.63) is 12.4 Å². The first-order valence-corrected chi connectivity index (χ1v) is 1.87. The quantitative estimate of drug-likeness (QED) is 0.321. The van der Waals surface area contributed by atoms with Crippen LogP contribution in [0.4, 0.5) is 0 Å². The highest BCUT2D eigenvalue weighted by Crippen LogP contribution is 1.57. The van der Waals surface area contributed by atoms with E-state index in [0.717, 1.165) is 0 Å². The minimum absolute atomic E-state index is 1.19. The number of hydrogen-bond acceptors (Lipinski definition) is 1. The minimum Gasteiger partial charge on any atom is -0.308 e. The topological polar surface area (TPSA) is 78.3 Å². The molecule has 0 radical (unpaired) electrons. The van der Waals surface area contributed by atoms with Crippen molar-refractivity contribution in [2.75, 3.05) is 5.84 Å². The van der Waals surface area contributed by atoms with Gasteiger partial charge in [0.1, 0.15) is 0 Å². The van der Waals surface area contributed by atoms with Crippen LogP contribution in [0.15, 0.2) is 12.4 Å². The van der Waals surface area contributed by atoms with E-state index in [1.165, 1.54) is 4.91 Å². The van der Waals surface area contributed by atoms with Gasteiger partial charge in [-0.3, -0.25) is 10.2 Å².